The third-order valence-electron chi connectivity index (χ3n) is 3.13. The average molecular weight is 419 g/mol. The number of rotatable bonds is 10. The minimum Gasteiger partial charge on any atom is -0.489 e. The molecule has 1 aromatic carbocycles. The summed E-state index contributed by atoms with van der Waals surface area (Å²) in [5.74, 6) is 1.74. The van der Waals surface area contributed by atoms with Gasteiger partial charge < -0.3 is 14.3 Å². The van der Waals surface area contributed by atoms with E-state index < -0.39 is 0 Å². The molecule has 1 rings (SSSR count). The second kappa shape index (κ2) is 11.4. The van der Waals surface area contributed by atoms with Gasteiger partial charge in [0.15, 0.2) is 6.61 Å². The molecule has 0 atom stereocenters. The van der Waals surface area contributed by atoms with Gasteiger partial charge in [-0.05, 0) is 72.0 Å². The van der Waals surface area contributed by atoms with E-state index in [-0.39, 0.29) is 0 Å². The van der Waals surface area contributed by atoms with Crippen molar-refractivity contribution >= 4 is 33.2 Å². The van der Waals surface area contributed by atoms with Crippen LogP contribution in [0.1, 0.15) is 38.8 Å². The van der Waals surface area contributed by atoms with Crippen LogP contribution in [0.15, 0.2) is 27.3 Å². The summed E-state index contributed by atoms with van der Waals surface area (Å²) in [6.07, 6.45) is 3.49. The van der Waals surface area contributed by atoms with Crippen LogP contribution in [0.4, 0.5) is 0 Å². The fourth-order valence-electron chi connectivity index (χ4n) is 2.07. The molecule has 0 amide bonds. The minimum atomic E-state index is 0.415. The van der Waals surface area contributed by atoms with Crippen LogP contribution < -0.4 is 9.47 Å². The summed E-state index contributed by atoms with van der Waals surface area (Å²) in [6, 6.07) is 4.03. The van der Waals surface area contributed by atoms with Gasteiger partial charge in [0.1, 0.15) is 24.7 Å². The molecule has 0 heterocycles. The van der Waals surface area contributed by atoms with Crippen molar-refractivity contribution in [3.63, 3.8) is 0 Å². The van der Waals surface area contributed by atoms with Gasteiger partial charge in [-0.15, -0.1) is 0 Å². The Hall–Kier alpha value is -1.20. The first-order chi connectivity index (χ1) is 11.5. The number of oxime groups is 1. The van der Waals surface area contributed by atoms with Gasteiger partial charge in [-0.1, -0.05) is 30.6 Å². The Labute approximate surface area is 157 Å². The molecule has 0 aromatic heterocycles. The van der Waals surface area contributed by atoms with Crippen LogP contribution >= 0.6 is 27.5 Å². The van der Waals surface area contributed by atoms with E-state index in [1.165, 1.54) is 0 Å². The molecule has 0 saturated heterocycles. The predicted molar refractivity (Wildman–Crippen MR) is 104 cm³/mol. The van der Waals surface area contributed by atoms with E-state index in [4.69, 9.17) is 25.9 Å². The lowest BCUT2D eigenvalue weighted by atomic mass is 10.0. The molecule has 0 aliphatic carbocycles. The molecule has 0 N–H and O–H groups in total. The van der Waals surface area contributed by atoms with Gasteiger partial charge in [0, 0.05) is 0 Å². The maximum absolute atomic E-state index is 5.94. The van der Waals surface area contributed by atoms with Crippen molar-refractivity contribution in [2.45, 2.75) is 40.5 Å². The van der Waals surface area contributed by atoms with Crippen molar-refractivity contribution in [2.24, 2.45) is 5.16 Å². The molecule has 24 heavy (non-hydrogen) atoms. The lowest BCUT2D eigenvalue weighted by Crippen LogP contribution is -2.08. The monoisotopic (exact) mass is 417 g/mol. The Kier molecular flexibility index (Phi) is 9.88. The molecule has 0 aliphatic rings. The topological polar surface area (TPSA) is 40.0 Å². The summed E-state index contributed by atoms with van der Waals surface area (Å²) in [7, 11) is 0. The van der Waals surface area contributed by atoms with Gasteiger partial charge in [-0.2, -0.15) is 0 Å². The van der Waals surface area contributed by atoms with E-state index in [1.54, 1.807) is 6.08 Å². The zero-order valence-corrected chi connectivity index (χ0v) is 17.0. The van der Waals surface area contributed by atoms with Crippen molar-refractivity contribution < 1.29 is 14.3 Å². The summed E-state index contributed by atoms with van der Waals surface area (Å²) in [5.41, 5.74) is 3.12. The van der Waals surface area contributed by atoms with Gasteiger partial charge in [-0.25, -0.2) is 0 Å². The number of aryl methyl sites for hydroxylation is 2. The smallest absolute Gasteiger partial charge is 0.151 e. The maximum atomic E-state index is 5.94. The first-order valence-electron chi connectivity index (χ1n) is 8.03. The summed E-state index contributed by atoms with van der Waals surface area (Å²) >= 11 is 8.92. The van der Waals surface area contributed by atoms with E-state index in [1.807, 2.05) is 26.0 Å². The molecular weight excluding hydrogens is 394 g/mol. The van der Waals surface area contributed by atoms with Crippen LogP contribution in [0.2, 0.25) is 0 Å². The molecule has 0 bridgehead atoms. The molecule has 0 saturated carbocycles. The van der Waals surface area contributed by atoms with E-state index in [2.05, 4.69) is 34.9 Å². The van der Waals surface area contributed by atoms with Gasteiger partial charge in [0.05, 0.1) is 9.65 Å². The fourth-order valence-corrected chi connectivity index (χ4v) is 2.27. The predicted octanol–water partition coefficient (Wildman–Crippen LogP) is 5.46. The molecule has 134 valence electrons. The fraction of sp³-hybridized carbons (Fsp3) is 0.500. The maximum Gasteiger partial charge on any atom is 0.151 e. The molecule has 6 heteroatoms. The zero-order chi connectivity index (χ0) is 17.9. The third-order valence-corrected chi connectivity index (χ3v) is 3.61. The number of hydrogen-bond acceptors (Lipinski definition) is 4. The van der Waals surface area contributed by atoms with Crippen molar-refractivity contribution in [2.75, 3.05) is 19.8 Å². The van der Waals surface area contributed by atoms with E-state index in [0.717, 1.165) is 41.2 Å². The van der Waals surface area contributed by atoms with Crippen LogP contribution in [-0.4, -0.2) is 25.5 Å². The van der Waals surface area contributed by atoms with Crippen molar-refractivity contribution in [3.05, 3.63) is 33.3 Å². The lowest BCUT2D eigenvalue weighted by Gasteiger charge is -2.16. The molecule has 0 fully saturated rings. The Morgan fingerprint density at radius 3 is 2.25 bits per heavy atom. The van der Waals surface area contributed by atoms with Gasteiger partial charge in [0.25, 0.3) is 0 Å². The highest BCUT2D eigenvalue weighted by Crippen LogP contribution is 2.31. The van der Waals surface area contributed by atoms with Crippen LogP contribution in [0.3, 0.4) is 0 Å². The summed E-state index contributed by atoms with van der Waals surface area (Å²) < 4.78 is 12.2. The summed E-state index contributed by atoms with van der Waals surface area (Å²) in [4.78, 5) is 5.18. The largest absolute Gasteiger partial charge is 0.489 e. The highest BCUT2D eigenvalue weighted by atomic mass is 79.9. The van der Waals surface area contributed by atoms with Crippen molar-refractivity contribution in [1.29, 1.82) is 0 Å². The number of benzene rings is 1. The lowest BCUT2D eigenvalue weighted by molar-refractivity contribution is 0.106. The van der Waals surface area contributed by atoms with Crippen molar-refractivity contribution in [1.82, 2.24) is 0 Å². The van der Waals surface area contributed by atoms with Crippen LogP contribution in [0.25, 0.3) is 0 Å². The molecule has 1 aromatic rings. The first-order valence-corrected chi connectivity index (χ1v) is 9.20. The van der Waals surface area contributed by atoms with E-state index in [0.29, 0.717) is 23.8 Å². The summed E-state index contributed by atoms with van der Waals surface area (Å²) in [6.45, 7) is 9.27. The average Bonchev–Trinajstić information content (AvgIpc) is 2.54. The van der Waals surface area contributed by atoms with Crippen LogP contribution in [0.5, 0.6) is 11.5 Å². The second-order valence-electron chi connectivity index (χ2n) is 5.30. The Morgan fingerprint density at radius 2 is 1.75 bits per heavy atom. The van der Waals surface area contributed by atoms with Gasteiger partial charge in [0.2, 0.25) is 0 Å². The molecule has 0 unspecified atom stereocenters. The van der Waals surface area contributed by atoms with Crippen LogP contribution in [0, 0.1) is 0 Å². The molecule has 0 spiro atoms. The zero-order valence-electron chi connectivity index (χ0n) is 14.7. The first kappa shape index (κ1) is 20.8. The van der Waals surface area contributed by atoms with E-state index in [9.17, 15) is 0 Å². The highest BCUT2D eigenvalue weighted by molar-refractivity contribution is 9.12. The van der Waals surface area contributed by atoms with E-state index >= 15 is 0 Å². The Bertz CT molecular complexity index is 555. The Morgan fingerprint density at radius 1 is 1.12 bits per heavy atom. The van der Waals surface area contributed by atoms with Crippen LogP contribution in [-0.2, 0) is 17.7 Å². The Balaban J connectivity index is 2.79. The van der Waals surface area contributed by atoms with Gasteiger partial charge >= 0.3 is 0 Å². The van der Waals surface area contributed by atoms with Gasteiger partial charge in [-0.3, -0.25) is 0 Å². The normalized spacial score (nSPS) is 11.2. The number of ether oxygens (including phenoxy) is 2. The number of hydrogen-bond donors (Lipinski definition) is 0. The highest BCUT2D eigenvalue weighted by Gasteiger charge is 2.11. The molecule has 4 nitrogen and oxygen atoms in total. The second-order valence-corrected chi connectivity index (χ2v) is 7.02. The molecular formula is C18H25BrClNO3. The quantitative estimate of drug-likeness (QED) is 0.288. The minimum absolute atomic E-state index is 0.415. The number of nitrogens with zero attached hydrogens (tertiary/aromatic N) is 1. The molecule has 0 radical (unpaired) electrons. The number of halogens is 2. The SMILES string of the molecule is CCc1cc(OC/C=C(\Cl)Br)cc(CC)c1OCCON=C(C)C. The standard InChI is InChI=1S/C18H25BrClNO3/c1-5-14-11-16(22-8-7-17(19)20)12-15(6-2)18(14)23-9-10-24-21-13(3)4/h7,11-12H,5-6,8-10H2,1-4H3/b17-7-. The molecule has 0 aliphatic heterocycles. The van der Waals surface area contributed by atoms with Crippen molar-refractivity contribution in [3.8, 4) is 11.5 Å². The summed E-state index contributed by atoms with van der Waals surface area (Å²) in [5, 5.41) is 3.90. The third kappa shape index (κ3) is 7.58.